The summed E-state index contributed by atoms with van der Waals surface area (Å²) >= 11 is 0. The van der Waals surface area contributed by atoms with Gasteiger partial charge in [0.2, 0.25) is 0 Å². The van der Waals surface area contributed by atoms with Gasteiger partial charge in [-0.25, -0.2) is 0 Å². The molecular weight excluding hydrogens is 667 g/mol. The minimum absolute atomic E-state index is 0.000789. The second kappa shape index (κ2) is 11.8. The molecule has 0 spiro atoms. The molecule has 262 valence electrons. The summed E-state index contributed by atoms with van der Waals surface area (Å²) in [6.07, 6.45) is 0. The molecule has 0 unspecified atom stereocenters. The van der Waals surface area contributed by atoms with E-state index in [2.05, 4.69) is 216 Å². The minimum Gasteiger partial charge on any atom is -0.309 e. The first-order chi connectivity index (χ1) is 27.0. The largest absolute Gasteiger partial charge is 0.309 e. The third-order valence-corrected chi connectivity index (χ3v) is 11.6. The molecule has 0 amide bonds. The van der Waals surface area contributed by atoms with Crippen LogP contribution in [-0.2, 0) is 5.41 Å². The van der Waals surface area contributed by atoms with Crippen LogP contribution in [0.1, 0.15) is 26.3 Å². The van der Waals surface area contributed by atoms with Crippen LogP contribution in [-0.4, -0.2) is 13.7 Å². The molecule has 0 aliphatic rings. The fourth-order valence-electron chi connectivity index (χ4n) is 9.06. The first-order valence-corrected chi connectivity index (χ1v) is 19.2. The standard InChI is InChI=1S/C52H39N3/c1-52(2,3)35-27-29-47-42(33-35)51-49(31-30-48-50(51)40-22-12-15-25-45(40)54(48)37-18-8-5-9-19-37)55(47)43-23-13-10-20-38(43)34-26-28-46-41(32-34)39-21-11-14-24-44(39)53(46)36-16-6-4-7-17-36/h4-33H,1-3H3. The fraction of sp³-hybridized carbons (Fsp3) is 0.0769. The van der Waals surface area contributed by atoms with E-state index in [0.717, 1.165) is 0 Å². The van der Waals surface area contributed by atoms with Crippen molar-refractivity contribution in [3.05, 3.63) is 188 Å². The third-order valence-electron chi connectivity index (χ3n) is 11.6. The number of hydrogen-bond donors (Lipinski definition) is 0. The van der Waals surface area contributed by atoms with Gasteiger partial charge in [-0.05, 0) is 95.4 Å². The van der Waals surface area contributed by atoms with E-state index in [1.54, 1.807) is 0 Å². The van der Waals surface area contributed by atoms with Gasteiger partial charge in [0.05, 0.1) is 38.8 Å². The van der Waals surface area contributed by atoms with Crippen LogP contribution in [0.2, 0.25) is 0 Å². The van der Waals surface area contributed by atoms with E-state index < -0.39 is 0 Å². The van der Waals surface area contributed by atoms with E-state index in [1.807, 2.05) is 0 Å². The van der Waals surface area contributed by atoms with Crippen LogP contribution < -0.4 is 0 Å². The summed E-state index contributed by atoms with van der Waals surface area (Å²) in [6, 6.07) is 66.9. The van der Waals surface area contributed by atoms with Crippen LogP contribution in [0.15, 0.2) is 182 Å². The molecule has 3 heterocycles. The molecule has 11 rings (SSSR count). The first-order valence-electron chi connectivity index (χ1n) is 19.2. The maximum atomic E-state index is 2.51. The van der Waals surface area contributed by atoms with Gasteiger partial charge in [0.1, 0.15) is 0 Å². The van der Waals surface area contributed by atoms with Crippen LogP contribution in [0.5, 0.6) is 0 Å². The first kappa shape index (κ1) is 31.7. The Morgan fingerprint density at radius 3 is 1.55 bits per heavy atom. The van der Waals surface area contributed by atoms with Crippen molar-refractivity contribution in [2.45, 2.75) is 26.2 Å². The Bertz CT molecular complexity index is 3280. The molecule has 55 heavy (non-hydrogen) atoms. The number of nitrogens with zero attached hydrogens (tertiary/aromatic N) is 3. The molecule has 3 nitrogen and oxygen atoms in total. The van der Waals surface area contributed by atoms with Crippen molar-refractivity contribution in [3.63, 3.8) is 0 Å². The number of benzene rings is 8. The normalized spacial score (nSPS) is 12.3. The second-order valence-electron chi connectivity index (χ2n) is 15.8. The molecule has 3 aromatic heterocycles. The molecule has 11 aromatic rings. The third kappa shape index (κ3) is 4.69. The van der Waals surface area contributed by atoms with Crippen LogP contribution in [0.4, 0.5) is 0 Å². The quantitative estimate of drug-likeness (QED) is 0.173. The van der Waals surface area contributed by atoms with E-state index >= 15 is 0 Å². The Kier molecular flexibility index (Phi) is 6.81. The lowest BCUT2D eigenvalue weighted by molar-refractivity contribution is 0.591. The van der Waals surface area contributed by atoms with Gasteiger partial charge in [-0.2, -0.15) is 0 Å². The van der Waals surface area contributed by atoms with Gasteiger partial charge < -0.3 is 13.7 Å². The lowest BCUT2D eigenvalue weighted by atomic mass is 9.86. The van der Waals surface area contributed by atoms with Crippen molar-refractivity contribution >= 4 is 65.4 Å². The summed E-state index contributed by atoms with van der Waals surface area (Å²) in [7, 11) is 0. The smallest absolute Gasteiger partial charge is 0.0549 e. The number of hydrogen-bond acceptors (Lipinski definition) is 0. The van der Waals surface area contributed by atoms with Crippen molar-refractivity contribution in [2.24, 2.45) is 0 Å². The summed E-state index contributed by atoms with van der Waals surface area (Å²) in [4.78, 5) is 0. The minimum atomic E-state index is 0.000789. The predicted molar refractivity (Wildman–Crippen MR) is 234 cm³/mol. The molecule has 0 aliphatic heterocycles. The van der Waals surface area contributed by atoms with Gasteiger partial charge in [0.15, 0.2) is 0 Å². The van der Waals surface area contributed by atoms with Crippen LogP contribution in [0, 0.1) is 0 Å². The lowest BCUT2D eigenvalue weighted by Gasteiger charge is -2.19. The topological polar surface area (TPSA) is 14.8 Å². The van der Waals surface area contributed by atoms with E-state index in [0.29, 0.717) is 0 Å². The van der Waals surface area contributed by atoms with Crippen LogP contribution in [0.25, 0.3) is 93.6 Å². The monoisotopic (exact) mass is 705 g/mol. The van der Waals surface area contributed by atoms with Crippen molar-refractivity contribution in [3.8, 4) is 28.2 Å². The van der Waals surface area contributed by atoms with Gasteiger partial charge in [0, 0.05) is 49.3 Å². The summed E-state index contributed by atoms with van der Waals surface area (Å²) in [6.45, 7) is 6.93. The molecule has 0 aliphatic carbocycles. The highest BCUT2D eigenvalue weighted by molar-refractivity contribution is 6.29. The Morgan fingerprint density at radius 2 is 0.836 bits per heavy atom. The summed E-state index contributed by atoms with van der Waals surface area (Å²) < 4.78 is 7.32. The maximum absolute atomic E-state index is 2.51. The molecule has 0 bridgehead atoms. The molecular formula is C52H39N3. The van der Waals surface area contributed by atoms with Gasteiger partial charge in [-0.1, -0.05) is 124 Å². The van der Waals surface area contributed by atoms with Crippen molar-refractivity contribution in [2.75, 3.05) is 0 Å². The van der Waals surface area contributed by atoms with E-state index in [9.17, 15) is 0 Å². The van der Waals surface area contributed by atoms with Gasteiger partial charge in [-0.3, -0.25) is 0 Å². The highest BCUT2D eigenvalue weighted by Gasteiger charge is 2.24. The van der Waals surface area contributed by atoms with E-state index in [-0.39, 0.29) is 5.41 Å². The van der Waals surface area contributed by atoms with Crippen molar-refractivity contribution in [1.82, 2.24) is 13.7 Å². The Labute approximate surface area is 319 Å². The summed E-state index contributed by atoms with van der Waals surface area (Å²) in [5, 5.41) is 7.63. The van der Waals surface area contributed by atoms with E-state index in [4.69, 9.17) is 0 Å². The molecule has 0 atom stereocenters. The molecule has 0 saturated carbocycles. The summed E-state index contributed by atoms with van der Waals surface area (Å²) in [5.74, 6) is 0. The zero-order chi connectivity index (χ0) is 36.8. The molecule has 8 aromatic carbocycles. The van der Waals surface area contributed by atoms with Crippen LogP contribution >= 0.6 is 0 Å². The van der Waals surface area contributed by atoms with E-state index in [1.165, 1.54) is 99.2 Å². The second-order valence-corrected chi connectivity index (χ2v) is 15.8. The molecule has 0 N–H and O–H groups in total. The zero-order valence-electron chi connectivity index (χ0n) is 31.2. The Hall–Kier alpha value is -6.84. The number of fused-ring (bicyclic) bond motifs is 10. The molecule has 0 radical (unpaired) electrons. The van der Waals surface area contributed by atoms with Crippen LogP contribution in [0.3, 0.4) is 0 Å². The Balaban J connectivity index is 1.22. The molecule has 3 heteroatoms. The predicted octanol–water partition coefficient (Wildman–Crippen LogP) is 13.9. The lowest BCUT2D eigenvalue weighted by Crippen LogP contribution is -2.10. The van der Waals surface area contributed by atoms with Gasteiger partial charge in [0.25, 0.3) is 0 Å². The Morgan fingerprint density at radius 1 is 0.345 bits per heavy atom. The van der Waals surface area contributed by atoms with Crippen molar-refractivity contribution < 1.29 is 0 Å². The average molecular weight is 706 g/mol. The highest BCUT2D eigenvalue weighted by Crippen LogP contribution is 2.45. The number of para-hydroxylation sites is 5. The number of aromatic nitrogens is 3. The highest BCUT2D eigenvalue weighted by atomic mass is 15.0. The average Bonchev–Trinajstić information content (AvgIpc) is 3.86. The van der Waals surface area contributed by atoms with Gasteiger partial charge >= 0.3 is 0 Å². The van der Waals surface area contributed by atoms with Crippen molar-refractivity contribution in [1.29, 1.82) is 0 Å². The zero-order valence-corrected chi connectivity index (χ0v) is 31.2. The fourth-order valence-corrected chi connectivity index (χ4v) is 9.06. The summed E-state index contributed by atoms with van der Waals surface area (Å²) in [5.41, 5.74) is 14.5. The maximum Gasteiger partial charge on any atom is 0.0549 e. The number of rotatable bonds is 4. The van der Waals surface area contributed by atoms with Gasteiger partial charge in [-0.15, -0.1) is 0 Å². The SMILES string of the molecule is CC(C)(C)c1ccc2c(c1)c1c3c4ccccc4n(-c4ccccc4)c3ccc1n2-c1ccccc1-c1ccc2c(c1)c1ccccc1n2-c1ccccc1. The molecule has 0 saturated heterocycles. The molecule has 0 fully saturated rings.